The lowest BCUT2D eigenvalue weighted by atomic mass is 9.91. The van der Waals surface area contributed by atoms with E-state index in [1.54, 1.807) is 0 Å². The fourth-order valence-electron chi connectivity index (χ4n) is 1.62. The van der Waals surface area contributed by atoms with Gasteiger partial charge in [0.1, 0.15) is 0 Å². The standard InChI is InChI=1S/C8H15NO2/c1-3-9-4-6-10-7-8(1)2-5-11-8/h9H,1-7H2. The molecule has 2 aliphatic heterocycles. The first-order valence-electron chi connectivity index (χ1n) is 4.34. The summed E-state index contributed by atoms with van der Waals surface area (Å²) in [4.78, 5) is 0. The highest BCUT2D eigenvalue weighted by Crippen LogP contribution is 2.30. The number of ether oxygens (including phenoxy) is 2. The minimum absolute atomic E-state index is 0.0907. The minimum Gasteiger partial charge on any atom is -0.377 e. The van der Waals surface area contributed by atoms with Crippen LogP contribution in [-0.2, 0) is 9.47 Å². The van der Waals surface area contributed by atoms with E-state index in [1.165, 1.54) is 6.42 Å². The third kappa shape index (κ3) is 1.55. The Labute approximate surface area is 67.1 Å². The molecular weight excluding hydrogens is 142 g/mol. The number of nitrogens with one attached hydrogen (secondary N) is 1. The summed E-state index contributed by atoms with van der Waals surface area (Å²) in [5, 5.41) is 3.31. The van der Waals surface area contributed by atoms with Crippen LogP contribution in [0.2, 0.25) is 0 Å². The Morgan fingerprint density at radius 1 is 1.09 bits per heavy atom. The van der Waals surface area contributed by atoms with Crippen LogP contribution in [0.15, 0.2) is 0 Å². The molecule has 2 heterocycles. The van der Waals surface area contributed by atoms with E-state index in [4.69, 9.17) is 9.47 Å². The van der Waals surface area contributed by atoms with Gasteiger partial charge in [-0.2, -0.15) is 0 Å². The minimum atomic E-state index is 0.0907. The predicted octanol–water partition coefficient (Wildman–Crippen LogP) is 0.155. The second kappa shape index (κ2) is 3.09. The van der Waals surface area contributed by atoms with E-state index >= 15 is 0 Å². The number of hydrogen-bond donors (Lipinski definition) is 1. The van der Waals surface area contributed by atoms with Crippen LogP contribution >= 0.6 is 0 Å². The van der Waals surface area contributed by atoms with E-state index in [0.29, 0.717) is 0 Å². The van der Waals surface area contributed by atoms with Gasteiger partial charge < -0.3 is 14.8 Å². The van der Waals surface area contributed by atoms with Crippen molar-refractivity contribution in [3.8, 4) is 0 Å². The van der Waals surface area contributed by atoms with Crippen molar-refractivity contribution in [3.63, 3.8) is 0 Å². The van der Waals surface area contributed by atoms with Gasteiger partial charge in [0.05, 0.1) is 25.4 Å². The first-order valence-corrected chi connectivity index (χ1v) is 4.34. The quantitative estimate of drug-likeness (QED) is 0.543. The van der Waals surface area contributed by atoms with Crippen molar-refractivity contribution >= 4 is 0 Å². The number of hydrogen-bond acceptors (Lipinski definition) is 3. The van der Waals surface area contributed by atoms with E-state index in [0.717, 1.165) is 39.3 Å². The first-order chi connectivity index (χ1) is 5.41. The zero-order valence-corrected chi connectivity index (χ0v) is 6.77. The maximum Gasteiger partial charge on any atom is 0.0948 e. The molecule has 1 N–H and O–H groups in total. The van der Waals surface area contributed by atoms with E-state index < -0.39 is 0 Å². The Morgan fingerprint density at radius 2 is 2.00 bits per heavy atom. The highest BCUT2D eigenvalue weighted by atomic mass is 16.6. The summed E-state index contributed by atoms with van der Waals surface area (Å²) in [5.74, 6) is 0. The van der Waals surface area contributed by atoms with Gasteiger partial charge in [-0.3, -0.25) is 0 Å². The maximum absolute atomic E-state index is 5.53. The molecule has 0 radical (unpaired) electrons. The molecule has 64 valence electrons. The van der Waals surface area contributed by atoms with E-state index in [1.807, 2.05) is 0 Å². The Morgan fingerprint density at radius 3 is 2.73 bits per heavy atom. The lowest BCUT2D eigenvalue weighted by Gasteiger charge is -2.42. The van der Waals surface area contributed by atoms with Crippen molar-refractivity contribution in [3.05, 3.63) is 0 Å². The molecule has 2 aliphatic rings. The van der Waals surface area contributed by atoms with Crippen LogP contribution in [0.25, 0.3) is 0 Å². The van der Waals surface area contributed by atoms with E-state index in [2.05, 4.69) is 5.32 Å². The SMILES string of the molecule is C1COCC2(CCN1)CCO2. The largest absolute Gasteiger partial charge is 0.377 e. The van der Waals surface area contributed by atoms with Gasteiger partial charge >= 0.3 is 0 Å². The molecule has 0 bridgehead atoms. The first kappa shape index (κ1) is 7.53. The Hall–Kier alpha value is -0.120. The Kier molecular flexibility index (Phi) is 2.11. The zero-order valence-electron chi connectivity index (χ0n) is 6.77. The predicted molar refractivity (Wildman–Crippen MR) is 41.6 cm³/mol. The highest BCUT2D eigenvalue weighted by molar-refractivity contribution is 4.88. The molecule has 1 atom stereocenters. The van der Waals surface area contributed by atoms with Gasteiger partial charge in [-0.25, -0.2) is 0 Å². The Bertz CT molecular complexity index is 124. The molecule has 0 amide bonds. The molecule has 0 saturated carbocycles. The van der Waals surface area contributed by atoms with Crippen molar-refractivity contribution in [2.24, 2.45) is 0 Å². The molecule has 2 fully saturated rings. The molecule has 3 nitrogen and oxygen atoms in total. The summed E-state index contributed by atoms with van der Waals surface area (Å²) >= 11 is 0. The molecule has 1 unspecified atom stereocenters. The molecule has 2 rings (SSSR count). The molecule has 0 aliphatic carbocycles. The van der Waals surface area contributed by atoms with Gasteiger partial charge in [0.25, 0.3) is 0 Å². The summed E-state index contributed by atoms with van der Waals surface area (Å²) in [7, 11) is 0. The van der Waals surface area contributed by atoms with Crippen molar-refractivity contribution in [1.82, 2.24) is 5.32 Å². The van der Waals surface area contributed by atoms with Crippen molar-refractivity contribution in [1.29, 1.82) is 0 Å². The van der Waals surface area contributed by atoms with E-state index in [9.17, 15) is 0 Å². The highest BCUT2D eigenvalue weighted by Gasteiger charge is 2.38. The second-order valence-electron chi connectivity index (χ2n) is 3.33. The fraction of sp³-hybridized carbons (Fsp3) is 1.00. The smallest absolute Gasteiger partial charge is 0.0948 e. The summed E-state index contributed by atoms with van der Waals surface area (Å²) in [6.45, 7) is 4.60. The molecular formula is C8H15NO2. The summed E-state index contributed by atoms with van der Waals surface area (Å²) in [5.41, 5.74) is 0.0907. The van der Waals surface area contributed by atoms with Crippen LogP contribution in [0, 0.1) is 0 Å². The van der Waals surface area contributed by atoms with Crippen molar-refractivity contribution in [2.45, 2.75) is 18.4 Å². The van der Waals surface area contributed by atoms with E-state index in [-0.39, 0.29) is 5.60 Å². The van der Waals surface area contributed by atoms with Crippen LogP contribution in [0.5, 0.6) is 0 Å². The Balaban J connectivity index is 1.86. The van der Waals surface area contributed by atoms with Crippen molar-refractivity contribution in [2.75, 3.05) is 32.9 Å². The van der Waals surface area contributed by atoms with Crippen LogP contribution in [0.3, 0.4) is 0 Å². The van der Waals surface area contributed by atoms with Gasteiger partial charge in [0.15, 0.2) is 0 Å². The molecule has 0 aromatic heterocycles. The molecule has 3 heteroatoms. The normalized spacial score (nSPS) is 39.3. The molecule has 1 spiro atoms. The lowest BCUT2D eigenvalue weighted by Crippen LogP contribution is -2.51. The zero-order chi connectivity index (χ0) is 7.57. The number of rotatable bonds is 0. The fourth-order valence-corrected chi connectivity index (χ4v) is 1.62. The van der Waals surface area contributed by atoms with Gasteiger partial charge in [-0.05, 0) is 13.0 Å². The van der Waals surface area contributed by atoms with Crippen LogP contribution in [-0.4, -0.2) is 38.5 Å². The topological polar surface area (TPSA) is 30.5 Å². The summed E-state index contributed by atoms with van der Waals surface area (Å²) in [6.07, 6.45) is 2.28. The van der Waals surface area contributed by atoms with Gasteiger partial charge in [0, 0.05) is 13.0 Å². The summed E-state index contributed by atoms with van der Waals surface area (Å²) in [6, 6.07) is 0. The van der Waals surface area contributed by atoms with Gasteiger partial charge in [-0.15, -0.1) is 0 Å². The average Bonchev–Trinajstić information content (AvgIpc) is 1.82. The lowest BCUT2D eigenvalue weighted by molar-refractivity contribution is -0.186. The molecule has 2 saturated heterocycles. The van der Waals surface area contributed by atoms with Gasteiger partial charge in [-0.1, -0.05) is 0 Å². The van der Waals surface area contributed by atoms with Crippen LogP contribution in [0.1, 0.15) is 12.8 Å². The average molecular weight is 157 g/mol. The third-order valence-corrected chi connectivity index (χ3v) is 2.51. The monoisotopic (exact) mass is 157 g/mol. The molecule has 0 aromatic rings. The van der Waals surface area contributed by atoms with Crippen molar-refractivity contribution < 1.29 is 9.47 Å². The maximum atomic E-state index is 5.53. The van der Waals surface area contributed by atoms with Crippen LogP contribution in [0.4, 0.5) is 0 Å². The molecule has 0 aromatic carbocycles. The third-order valence-electron chi connectivity index (χ3n) is 2.51. The molecule has 11 heavy (non-hydrogen) atoms. The van der Waals surface area contributed by atoms with Crippen LogP contribution < -0.4 is 5.32 Å². The second-order valence-corrected chi connectivity index (χ2v) is 3.33. The summed E-state index contributed by atoms with van der Waals surface area (Å²) < 4.78 is 11.0. The van der Waals surface area contributed by atoms with Gasteiger partial charge in [0.2, 0.25) is 0 Å².